The normalized spacial score (nSPS) is 10.5. The lowest BCUT2D eigenvalue weighted by Gasteiger charge is -2.21. The van der Waals surface area contributed by atoms with E-state index in [0.717, 1.165) is 23.3 Å². The van der Waals surface area contributed by atoms with Gasteiger partial charge in [0.1, 0.15) is 5.75 Å². The van der Waals surface area contributed by atoms with E-state index in [1.807, 2.05) is 25.2 Å². The number of ether oxygens (including phenoxy) is 1. The maximum absolute atomic E-state index is 5.41. The summed E-state index contributed by atoms with van der Waals surface area (Å²) in [5.41, 5.74) is 3.61. The summed E-state index contributed by atoms with van der Waals surface area (Å²) in [7, 11) is 5.75. The fraction of sp³-hybridized carbons (Fsp3) is 0.294. The summed E-state index contributed by atoms with van der Waals surface area (Å²) in [6.45, 7) is 1.67. The molecule has 0 amide bonds. The molecule has 0 spiro atoms. The first-order valence-corrected chi connectivity index (χ1v) is 7.71. The number of hydrogen-bond donors (Lipinski definition) is 1. The molecule has 0 unspecified atom stereocenters. The molecule has 2 rings (SSSR count). The molecule has 0 aromatic heterocycles. The van der Waals surface area contributed by atoms with E-state index in [0.29, 0.717) is 0 Å². The van der Waals surface area contributed by atoms with Crippen molar-refractivity contribution in [3.8, 4) is 5.75 Å². The molecule has 0 saturated heterocycles. The molecule has 2 aromatic rings. The van der Waals surface area contributed by atoms with Crippen LogP contribution in [0.4, 0.5) is 5.69 Å². The molecule has 4 heteroatoms. The minimum atomic E-state index is 0.807. The van der Waals surface area contributed by atoms with Crippen molar-refractivity contribution in [3.63, 3.8) is 0 Å². The molecule has 1 N–H and O–H groups in total. The molecular formula is C17H21BrN2O. The van der Waals surface area contributed by atoms with E-state index in [1.54, 1.807) is 7.11 Å². The van der Waals surface area contributed by atoms with Gasteiger partial charge in [0.2, 0.25) is 0 Å². The van der Waals surface area contributed by atoms with Crippen LogP contribution in [0.5, 0.6) is 5.75 Å². The van der Waals surface area contributed by atoms with Gasteiger partial charge in [-0.1, -0.05) is 40.2 Å². The molecule has 0 fully saturated rings. The van der Waals surface area contributed by atoms with Crippen LogP contribution in [0.1, 0.15) is 11.1 Å². The van der Waals surface area contributed by atoms with Gasteiger partial charge in [-0.2, -0.15) is 0 Å². The van der Waals surface area contributed by atoms with Gasteiger partial charge in [0.05, 0.1) is 7.11 Å². The Morgan fingerprint density at radius 2 is 1.90 bits per heavy atom. The molecule has 0 aliphatic heterocycles. The maximum atomic E-state index is 5.41. The van der Waals surface area contributed by atoms with Gasteiger partial charge < -0.3 is 15.0 Å². The van der Waals surface area contributed by atoms with Crippen molar-refractivity contribution in [1.82, 2.24) is 5.32 Å². The third kappa shape index (κ3) is 3.99. The summed E-state index contributed by atoms with van der Waals surface area (Å²) in [6, 6.07) is 14.6. The monoisotopic (exact) mass is 348 g/mol. The average molecular weight is 349 g/mol. The molecule has 112 valence electrons. The summed E-state index contributed by atoms with van der Waals surface area (Å²) in [4.78, 5) is 2.21. The van der Waals surface area contributed by atoms with E-state index in [2.05, 4.69) is 57.5 Å². The highest BCUT2D eigenvalue weighted by atomic mass is 79.9. The first kappa shape index (κ1) is 15.9. The lowest BCUT2D eigenvalue weighted by Crippen LogP contribution is -2.17. The number of benzene rings is 2. The van der Waals surface area contributed by atoms with Crippen LogP contribution in [0.2, 0.25) is 0 Å². The predicted octanol–water partition coefficient (Wildman–Crippen LogP) is 3.81. The van der Waals surface area contributed by atoms with Crippen molar-refractivity contribution in [3.05, 3.63) is 58.1 Å². The lowest BCUT2D eigenvalue weighted by molar-refractivity contribution is 0.409. The third-order valence-corrected chi connectivity index (χ3v) is 4.18. The Kier molecular flexibility index (Phi) is 5.65. The predicted molar refractivity (Wildman–Crippen MR) is 92.0 cm³/mol. The minimum Gasteiger partial charge on any atom is -0.496 e. The molecule has 3 nitrogen and oxygen atoms in total. The molecule has 2 aromatic carbocycles. The molecular weight excluding hydrogens is 328 g/mol. The van der Waals surface area contributed by atoms with E-state index >= 15 is 0 Å². The third-order valence-electron chi connectivity index (χ3n) is 3.44. The highest BCUT2D eigenvalue weighted by Gasteiger charge is 2.08. The molecule has 0 atom stereocenters. The van der Waals surface area contributed by atoms with Crippen molar-refractivity contribution in [2.45, 2.75) is 13.1 Å². The van der Waals surface area contributed by atoms with Gasteiger partial charge in [0.25, 0.3) is 0 Å². The van der Waals surface area contributed by atoms with Crippen molar-refractivity contribution < 1.29 is 4.74 Å². The Labute approximate surface area is 135 Å². The van der Waals surface area contributed by atoms with Gasteiger partial charge in [0.15, 0.2) is 0 Å². The number of nitrogens with one attached hydrogen (secondary N) is 1. The van der Waals surface area contributed by atoms with Crippen molar-refractivity contribution in [1.29, 1.82) is 0 Å². The number of methoxy groups -OCH3 is 1. The zero-order chi connectivity index (χ0) is 15.2. The standard InChI is InChI=1S/C17H21BrN2O/c1-19-11-13-8-9-15(10-16(13)18)20(2)12-14-6-4-5-7-17(14)21-3/h4-10,19H,11-12H2,1-3H3. The molecule has 0 radical (unpaired) electrons. The summed E-state index contributed by atoms with van der Waals surface area (Å²) in [6.07, 6.45) is 0. The van der Waals surface area contributed by atoms with Crippen LogP contribution < -0.4 is 15.0 Å². The first-order chi connectivity index (χ1) is 10.2. The lowest BCUT2D eigenvalue weighted by atomic mass is 10.1. The van der Waals surface area contributed by atoms with Crippen molar-refractivity contribution in [2.75, 3.05) is 26.1 Å². The smallest absolute Gasteiger partial charge is 0.123 e. The van der Waals surface area contributed by atoms with E-state index in [4.69, 9.17) is 4.74 Å². The van der Waals surface area contributed by atoms with E-state index in [9.17, 15) is 0 Å². The summed E-state index contributed by atoms with van der Waals surface area (Å²) in [5.74, 6) is 0.926. The summed E-state index contributed by atoms with van der Waals surface area (Å²) >= 11 is 3.64. The Bertz CT molecular complexity index is 601. The number of para-hydroxylation sites is 1. The first-order valence-electron chi connectivity index (χ1n) is 6.91. The Morgan fingerprint density at radius 3 is 2.57 bits per heavy atom. The second-order valence-corrected chi connectivity index (χ2v) is 5.83. The van der Waals surface area contributed by atoms with Crippen LogP contribution in [0.25, 0.3) is 0 Å². The van der Waals surface area contributed by atoms with E-state index in [1.165, 1.54) is 16.8 Å². The number of anilines is 1. The highest BCUT2D eigenvalue weighted by Crippen LogP contribution is 2.26. The summed E-state index contributed by atoms with van der Waals surface area (Å²) < 4.78 is 6.54. The van der Waals surface area contributed by atoms with Crippen LogP contribution in [0, 0.1) is 0 Å². The van der Waals surface area contributed by atoms with E-state index < -0.39 is 0 Å². The molecule has 0 bridgehead atoms. The maximum Gasteiger partial charge on any atom is 0.123 e. The fourth-order valence-electron chi connectivity index (χ4n) is 2.29. The molecule has 0 saturated carbocycles. The van der Waals surface area contributed by atoms with Crippen molar-refractivity contribution >= 4 is 21.6 Å². The van der Waals surface area contributed by atoms with Crippen LogP contribution in [-0.2, 0) is 13.1 Å². The molecule has 21 heavy (non-hydrogen) atoms. The van der Waals surface area contributed by atoms with Gasteiger partial charge in [-0.15, -0.1) is 0 Å². The van der Waals surface area contributed by atoms with Crippen LogP contribution in [0.3, 0.4) is 0 Å². The fourth-order valence-corrected chi connectivity index (χ4v) is 2.79. The largest absolute Gasteiger partial charge is 0.496 e. The van der Waals surface area contributed by atoms with Gasteiger partial charge in [0, 0.05) is 35.9 Å². The van der Waals surface area contributed by atoms with Gasteiger partial charge in [-0.05, 0) is 30.8 Å². The van der Waals surface area contributed by atoms with Gasteiger partial charge in [-0.25, -0.2) is 0 Å². The second kappa shape index (κ2) is 7.48. The van der Waals surface area contributed by atoms with Crippen LogP contribution in [-0.4, -0.2) is 21.2 Å². The number of rotatable bonds is 6. The number of nitrogens with zero attached hydrogens (tertiary/aromatic N) is 1. The van der Waals surface area contributed by atoms with Crippen LogP contribution >= 0.6 is 15.9 Å². The van der Waals surface area contributed by atoms with E-state index in [-0.39, 0.29) is 0 Å². The molecule has 0 aliphatic rings. The molecule has 0 aliphatic carbocycles. The Balaban J connectivity index is 2.16. The highest BCUT2D eigenvalue weighted by molar-refractivity contribution is 9.10. The summed E-state index contributed by atoms with van der Waals surface area (Å²) in [5, 5.41) is 3.17. The Hall–Kier alpha value is -1.52. The minimum absolute atomic E-state index is 0.807. The van der Waals surface area contributed by atoms with Gasteiger partial charge >= 0.3 is 0 Å². The number of halogens is 1. The zero-order valence-corrected chi connectivity index (χ0v) is 14.3. The Morgan fingerprint density at radius 1 is 1.14 bits per heavy atom. The molecule has 0 heterocycles. The average Bonchev–Trinajstić information content (AvgIpc) is 2.50. The van der Waals surface area contributed by atoms with Crippen LogP contribution in [0.15, 0.2) is 46.9 Å². The second-order valence-electron chi connectivity index (χ2n) is 4.97. The number of hydrogen-bond acceptors (Lipinski definition) is 3. The quantitative estimate of drug-likeness (QED) is 0.858. The van der Waals surface area contributed by atoms with Crippen molar-refractivity contribution in [2.24, 2.45) is 0 Å². The van der Waals surface area contributed by atoms with Gasteiger partial charge in [-0.3, -0.25) is 0 Å². The zero-order valence-electron chi connectivity index (χ0n) is 12.7. The SMILES string of the molecule is CNCc1ccc(N(C)Cc2ccccc2OC)cc1Br. The topological polar surface area (TPSA) is 24.5 Å².